The average Bonchev–Trinajstić information content (AvgIpc) is 2.35. The average molecular weight is 320 g/mol. The van der Waals surface area contributed by atoms with Gasteiger partial charge in [0.1, 0.15) is 6.10 Å². The van der Waals surface area contributed by atoms with Crippen LogP contribution in [0.25, 0.3) is 0 Å². The number of hydrogen-bond donors (Lipinski definition) is 2. The van der Waals surface area contributed by atoms with E-state index in [4.69, 9.17) is 16.3 Å². The zero-order valence-electron chi connectivity index (χ0n) is 9.00. The van der Waals surface area contributed by atoms with Crippen LogP contribution in [0.3, 0.4) is 0 Å². The molecular formula is C11H12BrClN2O2. The zero-order valence-corrected chi connectivity index (χ0v) is 11.3. The molecular weight excluding hydrogens is 307 g/mol. The first-order chi connectivity index (χ1) is 8.16. The second kappa shape index (κ2) is 5.82. The lowest BCUT2D eigenvalue weighted by atomic mass is 10.2. The minimum atomic E-state index is -0.459. The number of nitrogens with one attached hydrogen (secondary N) is 2. The normalized spacial score (nSPS) is 20.0. The Kier molecular flexibility index (Phi) is 4.39. The highest BCUT2D eigenvalue weighted by Gasteiger charge is 2.22. The van der Waals surface area contributed by atoms with Crippen LogP contribution in [0.5, 0.6) is 0 Å². The summed E-state index contributed by atoms with van der Waals surface area (Å²) in [5, 5.41) is 6.36. The molecule has 1 fully saturated rings. The SMILES string of the molecule is O=C(Nc1cc(Br)ccc1Cl)C1CNCCO1. The first kappa shape index (κ1) is 12.8. The molecule has 17 heavy (non-hydrogen) atoms. The van der Waals surface area contributed by atoms with Gasteiger partial charge in [-0.3, -0.25) is 4.79 Å². The van der Waals surface area contributed by atoms with Gasteiger partial charge in [0.25, 0.3) is 5.91 Å². The van der Waals surface area contributed by atoms with Crippen LogP contribution in [-0.4, -0.2) is 31.7 Å². The zero-order chi connectivity index (χ0) is 12.3. The molecule has 1 heterocycles. The third-order valence-electron chi connectivity index (χ3n) is 2.41. The minimum absolute atomic E-state index is 0.183. The quantitative estimate of drug-likeness (QED) is 0.877. The molecule has 0 aromatic heterocycles. The largest absolute Gasteiger partial charge is 0.366 e. The topological polar surface area (TPSA) is 50.4 Å². The number of hydrogen-bond acceptors (Lipinski definition) is 3. The van der Waals surface area contributed by atoms with E-state index < -0.39 is 6.10 Å². The molecule has 1 aromatic carbocycles. The third-order valence-corrected chi connectivity index (χ3v) is 3.23. The van der Waals surface area contributed by atoms with Crippen LogP contribution >= 0.6 is 27.5 Å². The van der Waals surface area contributed by atoms with Gasteiger partial charge in [-0.1, -0.05) is 27.5 Å². The monoisotopic (exact) mass is 318 g/mol. The molecule has 4 nitrogen and oxygen atoms in total. The Labute approximate surface area is 113 Å². The van der Waals surface area contributed by atoms with Gasteiger partial charge in [0, 0.05) is 17.6 Å². The Morgan fingerprint density at radius 2 is 2.41 bits per heavy atom. The van der Waals surface area contributed by atoms with Crippen molar-refractivity contribution in [2.24, 2.45) is 0 Å². The predicted molar refractivity (Wildman–Crippen MR) is 70.4 cm³/mol. The molecule has 1 saturated heterocycles. The summed E-state index contributed by atoms with van der Waals surface area (Å²) < 4.78 is 6.21. The summed E-state index contributed by atoms with van der Waals surface area (Å²) in [7, 11) is 0. The van der Waals surface area contributed by atoms with E-state index in [0.29, 0.717) is 23.9 Å². The fraction of sp³-hybridized carbons (Fsp3) is 0.364. The Morgan fingerprint density at radius 1 is 1.59 bits per heavy atom. The van der Waals surface area contributed by atoms with Crippen molar-refractivity contribution in [2.75, 3.05) is 25.0 Å². The number of carbonyl (C=O) groups is 1. The second-order valence-corrected chi connectivity index (χ2v) is 5.00. The highest BCUT2D eigenvalue weighted by molar-refractivity contribution is 9.10. The molecule has 0 bridgehead atoms. The number of benzene rings is 1. The molecule has 92 valence electrons. The van der Waals surface area contributed by atoms with Gasteiger partial charge in [-0.2, -0.15) is 0 Å². The summed E-state index contributed by atoms with van der Waals surface area (Å²) in [4.78, 5) is 11.9. The van der Waals surface area contributed by atoms with Crippen LogP contribution in [0.2, 0.25) is 5.02 Å². The van der Waals surface area contributed by atoms with E-state index in [0.717, 1.165) is 11.0 Å². The third kappa shape index (κ3) is 3.42. The Balaban J connectivity index is 2.04. The summed E-state index contributed by atoms with van der Waals surface area (Å²) in [6, 6.07) is 5.30. The number of halogens is 2. The predicted octanol–water partition coefficient (Wildman–Crippen LogP) is 2.03. The first-order valence-corrected chi connectivity index (χ1v) is 6.42. The van der Waals surface area contributed by atoms with Crippen LogP contribution in [0.1, 0.15) is 0 Å². The van der Waals surface area contributed by atoms with Crippen LogP contribution in [0.15, 0.2) is 22.7 Å². The van der Waals surface area contributed by atoms with Gasteiger partial charge in [-0.05, 0) is 18.2 Å². The van der Waals surface area contributed by atoms with Gasteiger partial charge in [0.2, 0.25) is 0 Å². The van der Waals surface area contributed by atoms with Crippen molar-refractivity contribution in [2.45, 2.75) is 6.10 Å². The summed E-state index contributed by atoms with van der Waals surface area (Å²) in [5.41, 5.74) is 0.584. The summed E-state index contributed by atoms with van der Waals surface area (Å²) >= 11 is 9.32. The van der Waals surface area contributed by atoms with E-state index in [2.05, 4.69) is 26.6 Å². The van der Waals surface area contributed by atoms with Crippen molar-refractivity contribution in [3.63, 3.8) is 0 Å². The highest BCUT2D eigenvalue weighted by Crippen LogP contribution is 2.25. The maximum Gasteiger partial charge on any atom is 0.254 e. The molecule has 0 spiro atoms. The van der Waals surface area contributed by atoms with Crippen LogP contribution in [-0.2, 0) is 9.53 Å². The molecule has 0 saturated carbocycles. The van der Waals surface area contributed by atoms with E-state index in [9.17, 15) is 4.79 Å². The van der Waals surface area contributed by atoms with Crippen LogP contribution < -0.4 is 10.6 Å². The van der Waals surface area contributed by atoms with Crippen molar-refractivity contribution in [1.29, 1.82) is 0 Å². The fourth-order valence-electron chi connectivity index (χ4n) is 1.54. The lowest BCUT2D eigenvalue weighted by Crippen LogP contribution is -2.45. The molecule has 1 atom stereocenters. The minimum Gasteiger partial charge on any atom is -0.366 e. The van der Waals surface area contributed by atoms with Crippen molar-refractivity contribution in [3.8, 4) is 0 Å². The second-order valence-electron chi connectivity index (χ2n) is 3.68. The molecule has 1 unspecified atom stereocenters. The van der Waals surface area contributed by atoms with E-state index in [1.54, 1.807) is 12.1 Å². The molecule has 1 aliphatic heterocycles. The summed E-state index contributed by atoms with van der Waals surface area (Å²) in [6.45, 7) is 1.85. The van der Waals surface area contributed by atoms with Gasteiger partial charge < -0.3 is 15.4 Å². The fourth-order valence-corrected chi connectivity index (χ4v) is 2.07. The van der Waals surface area contributed by atoms with Gasteiger partial charge >= 0.3 is 0 Å². The molecule has 0 radical (unpaired) electrons. The van der Waals surface area contributed by atoms with Gasteiger partial charge in [0.05, 0.1) is 17.3 Å². The van der Waals surface area contributed by atoms with E-state index in [-0.39, 0.29) is 5.91 Å². The molecule has 1 aliphatic rings. The van der Waals surface area contributed by atoms with E-state index >= 15 is 0 Å². The van der Waals surface area contributed by atoms with E-state index in [1.807, 2.05) is 6.07 Å². The van der Waals surface area contributed by atoms with Gasteiger partial charge in [0.15, 0.2) is 0 Å². The standard InChI is InChI=1S/C11H12BrClN2O2/c12-7-1-2-8(13)9(5-7)15-11(16)10-6-14-3-4-17-10/h1-2,5,10,14H,3-4,6H2,(H,15,16). The number of anilines is 1. The highest BCUT2D eigenvalue weighted by atomic mass is 79.9. The Morgan fingerprint density at radius 3 is 3.12 bits per heavy atom. The smallest absolute Gasteiger partial charge is 0.254 e. The van der Waals surface area contributed by atoms with Crippen molar-refractivity contribution in [3.05, 3.63) is 27.7 Å². The summed E-state index contributed by atoms with van der Waals surface area (Å²) in [6.07, 6.45) is -0.459. The number of morpholine rings is 1. The molecule has 0 aliphatic carbocycles. The van der Waals surface area contributed by atoms with Gasteiger partial charge in [-0.15, -0.1) is 0 Å². The van der Waals surface area contributed by atoms with E-state index in [1.165, 1.54) is 0 Å². The number of ether oxygens (including phenoxy) is 1. The number of rotatable bonds is 2. The Hall–Kier alpha value is -0.620. The summed E-state index contributed by atoms with van der Waals surface area (Å²) in [5.74, 6) is -0.183. The number of carbonyl (C=O) groups excluding carboxylic acids is 1. The maximum atomic E-state index is 11.9. The molecule has 2 rings (SSSR count). The lowest BCUT2D eigenvalue weighted by Gasteiger charge is -2.22. The van der Waals surface area contributed by atoms with Crippen LogP contribution in [0, 0.1) is 0 Å². The maximum absolute atomic E-state index is 11.9. The first-order valence-electron chi connectivity index (χ1n) is 5.25. The van der Waals surface area contributed by atoms with Crippen LogP contribution in [0.4, 0.5) is 5.69 Å². The van der Waals surface area contributed by atoms with Crippen molar-refractivity contribution < 1.29 is 9.53 Å². The molecule has 2 N–H and O–H groups in total. The lowest BCUT2D eigenvalue weighted by molar-refractivity contribution is -0.128. The van der Waals surface area contributed by atoms with Crippen molar-refractivity contribution in [1.82, 2.24) is 5.32 Å². The van der Waals surface area contributed by atoms with Gasteiger partial charge in [-0.25, -0.2) is 0 Å². The van der Waals surface area contributed by atoms with Crippen molar-refractivity contribution >= 4 is 39.1 Å². The molecule has 6 heteroatoms. The number of amides is 1. The molecule has 1 aromatic rings. The Bertz CT molecular complexity index is 422. The molecule has 1 amide bonds.